The van der Waals surface area contributed by atoms with E-state index in [1.165, 1.54) is 17.2 Å². The molecular weight excluding hydrogens is 446 g/mol. The number of carboxylic acid groups (broad SMARTS) is 1. The second-order valence-electron chi connectivity index (χ2n) is 10.4. The number of hydrogen-bond acceptors (Lipinski definition) is 5. The van der Waals surface area contributed by atoms with E-state index < -0.39 is 17.7 Å². The Hall–Kier alpha value is -2.80. The molecule has 7 heteroatoms. The van der Waals surface area contributed by atoms with Gasteiger partial charge in [0, 0.05) is 30.5 Å². The molecule has 0 saturated heterocycles. The van der Waals surface area contributed by atoms with Crippen molar-refractivity contribution in [1.29, 1.82) is 0 Å². The molecule has 0 saturated carbocycles. The van der Waals surface area contributed by atoms with E-state index in [4.69, 9.17) is 9.84 Å². The molecule has 1 amide bonds. The van der Waals surface area contributed by atoms with Crippen LogP contribution in [0.25, 0.3) is 0 Å². The monoisotopic (exact) mass is 485 g/mol. The van der Waals surface area contributed by atoms with Gasteiger partial charge in [-0.05, 0) is 72.3 Å². The Morgan fingerprint density at radius 1 is 1.17 bits per heavy atom. The highest BCUT2D eigenvalue weighted by Crippen LogP contribution is 2.46. The van der Waals surface area contributed by atoms with E-state index in [9.17, 15) is 19.8 Å². The molecule has 1 aromatic rings. The van der Waals surface area contributed by atoms with Crippen molar-refractivity contribution in [2.24, 2.45) is 0 Å². The zero-order valence-corrected chi connectivity index (χ0v) is 21.4. The summed E-state index contributed by atoms with van der Waals surface area (Å²) in [6.45, 7) is 9.02. The van der Waals surface area contributed by atoms with Gasteiger partial charge in [-0.1, -0.05) is 23.3 Å². The predicted molar refractivity (Wildman–Crippen MR) is 135 cm³/mol. The molecule has 2 aliphatic heterocycles. The summed E-state index contributed by atoms with van der Waals surface area (Å²) >= 11 is 0. The largest absolute Gasteiger partial charge is 0.508 e. The molecule has 2 aliphatic rings. The van der Waals surface area contributed by atoms with Crippen molar-refractivity contribution in [2.45, 2.75) is 97.3 Å². The summed E-state index contributed by atoms with van der Waals surface area (Å²) < 4.78 is 6.40. The first-order valence-corrected chi connectivity index (χ1v) is 12.6. The zero-order valence-electron chi connectivity index (χ0n) is 21.4. The van der Waals surface area contributed by atoms with Crippen LogP contribution < -0.4 is 4.74 Å². The van der Waals surface area contributed by atoms with Crippen molar-refractivity contribution in [2.75, 3.05) is 6.54 Å². The number of carboxylic acids is 1. The number of amides is 1. The Morgan fingerprint density at radius 2 is 1.91 bits per heavy atom. The van der Waals surface area contributed by atoms with Crippen LogP contribution >= 0.6 is 0 Å². The Bertz CT molecular complexity index is 1020. The van der Waals surface area contributed by atoms with Gasteiger partial charge in [0.1, 0.15) is 17.1 Å². The molecule has 0 spiro atoms. The number of rotatable bonds is 11. The molecule has 0 fully saturated rings. The van der Waals surface area contributed by atoms with Crippen molar-refractivity contribution < 1.29 is 29.6 Å². The number of allylic oxidation sites excluding steroid dienone is 4. The number of carbonyl (C=O) groups excluding carboxylic acids is 1. The van der Waals surface area contributed by atoms with Crippen molar-refractivity contribution >= 4 is 11.9 Å². The fourth-order valence-corrected chi connectivity index (χ4v) is 4.82. The van der Waals surface area contributed by atoms with Crippen LogP contribution in [0.15, 0.2) is 29.4 Å². The molecular formula is C28H39NO6. The minimum atomic E-state index is -0.843. The molecule has 2 heterocycles. The lowest BCUT2D eigenvalue weighted by Gasteiger charge is -2.40. The molecule has 192 valence electrons. The van der Waals surface area contributed by atoms with Crippen molar-refractivity contribution in [3.8, 4) is 11.5 Å². The number of hydrogen-bond donors (Lipinski definition) is 3. The number of aromatic hydroxyl groups is 1. The third kappa shape index (κ3) is 6.45. The number of phenolic OH excluding ortho intramolecular Hbond substituents is 1. The number of phenols is 1. The first-order valence-electron chi connectivity index (χ1n) is 12.6. The summed E-state index contributed by atoms with van der Waals surface area (Å²) in [5.74, 6) is -0.543. The van der Waals surface area contributed by atoms with Gasteiger partial charge in [0.15, 0.2) is 0 Å². The first kappa shape index (κ1) is 26.8. The second kappa shape index (κ2) is 11.3. The second-order valence-corrected chi connectivity index (χ2v) is 10.4. The van der Waals surface area contributed by atoms with Crippen LogP contribution in [0.4, 0.5) is 0 Å². The van der Waals surface area contributed by atoms with Crippen molar-refractivity contribution in [1.82, 2.24) is 4.90 Å². The minimum Gasteiger partial charge on any atom is -0.508 e. The lowest BCUT2D eigenvalue weighted by Crippen LogP contribution is -2.49. The number of aliphatic hydroxyl groups excluding tert-OH is 1. The van der Waals surface area contributed by atoms with E-state index in [1.54, 1.807) is 4.90 Å². The van der Waals surface area contributed by atoms with E-state index in [-0.39, 0.29) is 24.5 Å². The van der Waals surface area contributed by atoms with Crippen LogP contribution in [0.2, 0.25) is 0 Å². The van der Waals surface area contributed by atoms with Gasteiger partial charge in [0.2, 0.25) is 0 Å². The Kier molecular flexibility index (Phi) is 8.65. The highest BCUT2D eigenvalue weighted by Gasteiger charge is 2.44. The van der Waals surface area contributed by atoms with Gasteiger partial charge in [-0.15, -0.1) is 0 Å². The van der Waals surface area contributed by atoms with E-state index in [0.29, 0.717) is 49.2 Å². The molecule has 7 nitrogen and oxygen atoms in total. The number of carbonyl (C=O) groups is 2. The Balaban J connectivity index is 1.71. The predicted octanol–water partition coefficient (Wildman–Crippen LogP) is 5.13. The fraction of sp³-hybridized carbons (Fsp3) is 0.571. The maximum Gasteiger partial charge on any atom is 0.303 e. The fourth-order valence-electron chi connectivity index (χ4n) is 4.82. The van der Waals surface area contributed by atoms with Gasteiger partial charge >= 0.3 is 5.97 Å². The SMILES string of the molecule is CC(C)=CCCC(C)=CCC[C@@]1(C)Oc2c(c(O)cc3c2CN(CCCCC(=O)O)C3=O)C[C@H]1O. The average molecular weight is 486 g/mol. The number of ether oxygens (including phenoxy) is 1. The Labute approximate surface area is 208 Å². The van der Waals surface area contributed by atoms with Crippen LogP contribution in [-0.4, -0.2) is 50.3 Å². The van der Waals surface area contributed by atoms with E-state index >= 15 is 0 Å². The molecule has 0 radical (unpaired) electrons. The summed E-state index contributed by atoms with van der Waals surface area (Å²) in [5.41, 5.74) is 3.50. The molecule has 35 heavy (non-hydrogen) atoms. The van der Waals surface area contributed by atoms with Gasteiger partial charge in [-0.2, -0.15) is 0 Å². The van der Waals surface area contributed by atoms with E-state index in [0.717, 1.165) is 24.8 Å². The number of aliphatic carboxylic acids is 1. The normalized spacial score (nSPS) is 21.4. The highest BCUT2D eigenvalue weighted by molar-refractivity contribution is 6.00. The molecule has 3 N–H and O–H groups in total. The van der Waals surface area contributed by atoms with Crippen LogP contribution in [0, 0.1) is 0 Å². The lowest BCUT2D eigenvalue weighted by atomic mass is 9.84. The number of benzene rings is 1. The summed E-state index contributed by atoms with van der Waals surface area (Å²) in [5, 5.41) is 30.4. The van der Waals surface area contributed by atoms with E-state index in [2.05, 4.69) is 32.9 Å². The number of aliphatic hydroxyl groups is 1. The van der Waals surface area contributed by atoms with Crippen LogP contribution in [0.3, 0.4) is 0 Å². The van der Waals surface area contributed by atoms with Gasteiger partial charge in [0.05, 0.1) is 18.2 Å². The minimum absolute atomic E-state index is 0.0315. The third-order valence-corrected chi connectivity index (χ3v) is 7.06. The van der Waals surface area contributed by atoms with Gasteiger partial charge in [0.25, 0.3) is 5.91 Å². The van der Waals surface area contributed by atoms with Crippen LogP contribution in [0.5, 0.6) is 11.5 Å². The summed E-state index contributed by atoms with van der Waals surface area (Å²) in [4.78, 5) is 25.4. The van der Waals surface area contributed by atoms with Gasteiger partial charge in [-0.25, -0.2) is 0 Å². The molecule has 0 aromatic heterocycles. The lowest BCUT2D eigenvalue weighted by molar-refractivity contribution is -0.137. The topological polar surface area (TPSA) is 107 Å². The first-order chi connectivity index (χ1) is 16.5. The number of unbranched alkanes of at least 4 members (excludes halogenated alkanes) is 1. The summed E-state index contributed by atoms with van der Waals surface area (Å²) in [6.07, 6.45) is 8.48. The quantitative estimate of drug-likeness (QED) is 0.296. The molecule has 0 unspecified atom stereocenters. The highest BCUT2D eigenvalue weighted by atomic mass is 16.5. The average Bonchev–Trinajstić information content (AvgIpc) is 3.08. The van der Waals surface area contributed by atoms with Crippen LogP contribution in [0.1, 0.15) is 94.1 Å². The molecule has 2 atom stereocenters. The van der Waals surface area contributed by atoms with Crippen LogP contribution in [-0.2, 0) is 17.8 Å². The summed E-state index contributed by atoms with van der Waals surface area (Å²) in [7, 11) is 0. The van der Waals surface area contributed by atoms with Crippen molar-refractivity contribution in [3.05, 3.63) is 46.1 Å². The summed E-state index contributed by atoms with van der Waals surface area (Å²) in [6, 6.07) is 1.48. The van der Waals surface area contributed by atoms with Crippen molar-refractivity contribution in [3.63, 3.8) is 0 Å². The molecule has 0 bridgehead atoms. The third-order valence-electron chi connectivity index (χ3n) is 7.06. The zero-order chi connectivity index (χ0) is 25.8. The maximum atomic E-state index is 12.9. The standard InChI is InChI=1S/C28H39NO6/c1-18(2)9-7-10-19(3)11-8-13-28(4)24(31)16-21-23(30)15-20-22(26(21)35-28)17-29(27(20)34)14-6-5-12-25(32)33/h9,11,15,24,30-31H,5-8,10,12-14,16-17H2,1-4H3,(H,32,33)/t24-,28-/m1/s1. The van der Waals surface area contributed by atoms with Gasteiger partial charge < -0.3 is 25.0 Å². The molecule has 1 aromatic carbocycles. The number of fused-ring (bicyclic) bond motifs is 3. The van der Waals surface area contributed by atoms with Gasteiger partial charge in [-0.3, -0.25) is 9.59 Å². The smallest absolute Gasteiger partial charge is 0.303 e. The van der Waals surface area contributed by atoms with E-state index in [1.807, 2.05) is 6.92 Å². The Morgan fingerprint density at radius 3 is 2.60 bits per heavy atom. The molecule has 0 aliphatic carbocycles. The maximum absolute atomic E-state index is 12.9. The molecule has 3 rings (SSSR count). The number of nitrogens with zero attached hydrogens (tertiary/aromatic N) is 1.